The molecule has 0 bridgehead atoms. The monoisotopic (exact) mass is 390 g/mol. The Balaban J connectivity index is 2.06. The van der Waals surface area contributed by atoms with Crippen LogP contribution in [-0.2, 0) is 0 Å². The lowest BCUT2D eigenvalue weighted by Gasteiger charge is -2.03. The number of benzene rings is 1. The van der Waals surface area contributed by atoms with Crippen molar-refractivity contribution in [2.24, 2.45) is 0 Å². The molecule has 0 radical (unpaired) electrons. The Morgan fingerprint density at radius 1 is 1.33 bits per heavy atom. The van der Waals surface area contributed by atoms with Gasteiger partial charge in [-0.15, -0.1) is 11.3 Å². The van der Waals surface area contributed by atoms with Crippen molar-refractivity contribution in [2.75, 3.05) is 0 Å². The third kappa shape index (κ3) is 2.18. The van der Waals surface area contributed by atoms with Gasteiger partial charge in [0.05, 0.1) is 7.91 Å². The molecule has 0 amide bonds. The van der Waals surface area contributed by atoms with Crippen molar-refractivity contribution in [2.45, 2.75) is 6.10 Å². The van der Waals surface area contributed by atoms with Crippen molar-refractivity contribution < 1.29 is 9.52 Å². The molecule has 0 fully saturated rings. The van der Waals surface area contributed by atoms with E-state index in [4.69, 9.17) is 16.0 Å². The molecule has 2 heterocycles. The smallest absolute Gasteiger partial charge is 0.153 e. The minimum Gasteiger partial charge on any atom is -0.456 e. The van der Waals surface area contributed by atoms with E-state index in [9.17, 15) is 5.11 Å². The Bertz CT molecular complexity index is 704. The maximum atomic E-state index is 10.3. The zero-order valence-corrected chi connectivity index (χ0v) is 12.8. The summed E-state index contributed by atoms with van der Waals surface area (Å²) < 4.78 is 6.78. The SMILES string of the molecule is OC(c1csc(I)c1)c1cc2cccc(Cl)c2o1. The van der Waals surface area contributed by atoms with Crippen LogP contribution in [0.1, 0.15) is 17.4 Å². The first-order valence-electron chi connectivity index (χ1n) is 5.25. The summed E-state index contributed by atoms with van der Waals surface area (Å²) in [5.41, 5.74) is 1.47. The molecule has 2 aromatic heterocycles. The lowest BCUT2D eigenvalue weighted by atomic mass is 10.1. The van der Waals surface area contributed by atoms with Crippen LogP contribution in [0, 0.1) is 2.88 Å². The molecule has 2 nitrogen and oxygen atoms in total. The number of halogens is 2. The van der Waals surface area contributed by atoms with Crippen LogP contribution >= 0.6 is 45.5 Å². The highest BCUT2D eigenvalue weighted by atomic mass is 127. The third-order valence-corrected chi connectivity index (χ3v) is 4.79. The highest BCUT2D eigenvalue weighted by Crippen LogP contribution is 2.33. The fraction of sp³-hybridized carbons (Fsp3) is 0.0769. The van der Waals surface area contributed by atoms with E-state index in [-0.39, 0.29) is 0 Å². The van der Waals surface area contributed by atoms with Gasteiger partial charge in [0.2, 0.25) is 0 Å². The van der Waals surface area contributed by atoms with Crippen LogP contribution < -0.4 is 0 Å². The predicted octanol–water partition coefficient (Wildman–Crippen LogP) is 4.83. The Kier molecular flexibility index (Phi) is 3.36. The number of hydrogen-bond acceptors (Lipinski definition) is 3. The first-order chi connectivity index (χ1) is 8.65. The van der Waals surface area contributed by atoms with Gasteiger partial charge < -0.3 is 9.52 Å². The summed E-state index contributed by atoms with van der Waals surface area (Å²) in [4.78, 5) is 0. The van der Waals surface area contributed by atoms with Gasteiger partial charge in [0.15, 0.2) is 5.58 Å². The predicted molar refractivity (Wildman–Crippen MR) is 82.3 cm³/mol. The van der Waals surface area contributed by atoms with Crippen LogP contribution in [0.2, 0.25) is 5.02 Å². The molecule has 0 aliphatic carbocycles. The molecule has 1 unspecified atom stereocenters. The number of rotatable bonds is 2. The topological polar surface area (TPSA) is 33.4 Å². The van der Waals surface area contributed by atoms with E-state index in [1.54, 1.807) is 17.4 Å². The maximum Gasteiger partial charge on any atom is 0.153 e. The Morgan fingerprint density at radius 2 is 2.17 bits per heavy atom. The largest absolute Gasteiger partial charge is 0.456 e. The average Bonchev–Trinajstić information content (AvgIpc) is 2.95. The van der Waals surface area contributed by atoms with Gasteiger partial charge in [-0.2, -0.15) is 0 Å². The summed E-state index contributed by atoms with van der Waals surface area (Å²) in [6.45, 7) is 0. The summed E-state index contributed by atoms with van der Waals surface area (Å²) in [5.74, 6) is 0.521. The molecule has 0 aliphatic rings. The molecular weight excluding hydrogens is 383 g/mol. The Labute approximate surface area is 126 Å². The van der Waals surface area contributed by atoms with Gasteiger partial charge in [0, 0.05) is 5.39 Å². The maximum absolute atomic E-state index is 10.3. The van der Waals surface area contributed by atoms with Crippen LogP contribution in [0.3, 0.4) is 0 Å². The average molecular weight is 391 g/mol. The molecule has 1 atom stereocenters. The van der Waals surface area contributed by atoms with Gasteiger partial charge in [-0.1, -0.05) is 23.7 Å². The van der Waals surface area contributed by atoms with E-state index < -0.39 is 6.10 Å². The van der Waals surface area contributed by atoms with E-state index in [0.717, 1.165) is 13.8 Å². The molecule has 0 saturated heterocycles. The Hall–Kier alpha value is -0.560. The van der Waals surface area contributed by atoms with Crippen molar-refractivity contribution in [1.29, 1.82) is 0 Å². The number of aliphatic hydroxyl groups excluding tert-OH is 1. The van der Waals surface area contributed by atoms with Gasteiger partial charge >= 0.3 is 0 Å². The fourth-order valence-electron chi connectivity index (χ4n) is 1.81. The van der Waals surface area contributed by atoms with Crippen molar-refractivity contribution >= 4 is 56.5 Å². The zero-order valence-electron chi connectivity index (χ0n) is 9.06. The molecule has 0 saturated carbocycles. The molecule has 0 spiro atoms. The molecule has 5 heteroatoms. The first kappa shape index (κ1) is 12.5. The fourth-order valence-corrected chi connectivity index (χ4v) is 3.42. The number of thiophene rings is 1. The van der Waals surface area contributed by atoms with Crippen LogP contribution in [0.4, 0.5) is 0 Å². The summed E-state index contributed by atoms with van der Waals surface area (Å²) in [7, 11) is 0. The number of fused-ring (bicyclic) bond motifs is 1. The Morgan fingerprint density at radius 3 is 2.83 bits per heavy atom. The van der Waals surface area contributed by atoms with Gasteiger partial charge in [-0.3, -0.25) is 0 Å². The van der Waals surface area contributed by atoms with Gasteiger partial charge in [0.1, 0.15) is 11.9 Å². The van der Waals surface area contributed by atoms with Crippen LogP contribution in [0.15, 0.2) is 40.1 Å². The molecular formula is C13H8ClIO2S. The van der Waals surface area contributed by atoms with Crippen molar-refractivity contribution in [3.8, 4) is 0 Å². The number of para-hydroxylation sites is 1. The summed E-state index contributed by atoms with van der Waals surface area (Å²) >= 11 is 9.88. The lowest BCUT2D eigenvalue weighted by molar-refractivity contribution is 0.192. The minimum absolute atomic E-state index is 0.521. The molecule has 1 N–H and O–H groups in total. The number of furan rings is 1. The normalized spacial score (nSPS) is 13.1. The van der Waals surface area contributed by atoms with E-state index >= 15 is 0 Å². The number of hydrogen-bond donors (Lipinski definition) is 1. The third-order valence-electron chi connectivity index (χ3n) is 2.69. The van der Waals surface area contributed by atoms with Crippen LogP contribution in [0.5, 0.6) is 0 Å². The molecule has 3 aromatic rings. The van der Waals surface area contributed by atoms with Gasteiger partial charge in [-0.25, -0.2) is 0 Å². The van der Waals surface area contributed by atoms with Gasteiger partial charge in [-0.05, 0) is 51.7 Å². The second-order valence-electron chi connectivity index (χ2n) is 3.89. The minimum atomic E-state index is -0.742. The van der Waals surface area contributed by atoms with Crippen molar-refractivity contribution in [3.63, 3.8) is 0 Å². The highest BCUT2D eigenvalue weighted by Gasteiger charge is 2.17. The molecule has 1 aromatic carbocycles. The molecule has 3 rings (SSSR count). The van der Waals surface area contributed by atoms with Crippen molar-refractivity contribution in [3.05, 3.63) is 54.9 Å². The standard InChI is InChI=1S/C13H8ClIO2S/c14-9-3-1-2-7-4-10(17-13(7)9)12(16)8-5-11(15)18-6-8/h1-6,12,16H. The first-order valence-corrected chi connectivity index (χ1v) is 7.59. The van der Waals surface area contributed by atoms with E-state index in [2.05, 4.69) is 22.6 Å². The van der Waals surface area contributed by atoms with Crippen LogP contribution in [-0.4, -0.2) is 5.11 Å². The van der Waals surface area contributed by atoms with Gasteiger partial charge in [0.25, 0.3) is 0 Å². The molecule has 18 heavy (non-hydrogen) atoms. The van der Waals surface area contributed by atoms with Crippen molar-refractivity contribution in [1.82, 2.24) is 0 Å². The second kappa shape index (κ2) is 4.85. The summed E-state index contributed by atoms with van der Waals surface area (Å²) in [6.07, 6.45) is -0.742. The van der Waals surface area contributed by atoms with E-state index in [1.807, 2.05) is 29.6 Å². The number of aliphatic hydroxyl groups is 1. The molecule has 0 aliphatic heterocycles. The zero-order chi connectivity index (χ0) is 12.7. The molecule has 92 valence electrons. The highest BCUT2D eigenvalue weighted by molar-refractivity contribution is 14.1. The van der Waals surface area contributed by atoms with E-state index in [1.165, 1.54) is 0 Å². The summed E-state index contributed by atoms with van der Waals surface area (Å²) in [6, 6.07) is 9.33. The lowest BCUT2D eigenvalue weighted by Crippen LogP contribution is -1.95. The quantitative estimate of drug-likeness (QED) is 0.636. The van der Waals surface area contributed by atoms with Crippen LogP contribution in [0.25, 0.3) is 11.0 Å². The summed E-state index contributed by atoms with van der Waals surface area (Å²) in [5, 5.41) is 13.7. The van der Waals surface area contributed by atoms with E-state index in [0.29, 0.717) is 16.4 Å². The second-order valence-corrected chi connectivity index (χ2v) is 7.11.